The van der Waals surface area contributed by atoms with Crippen LogP contribution < -0.4 is 5.32 Å². The molecule has 126 valence electrons. The van der Waals surface area contributed by atoms with Crippen molar-refractivity contribution < 1.29 is 22.9 Å². The van der Waals surface area contributed by atoms with Crippen molar-refractivity contribution >= 4 is 11.6 Å². The van der Waals surface area contributed by atoms with E-state index in [-0.39, 0.29) is 18.7 Å². The Labute approximate surface area is 135 Å². The van der Waals surface area contributed by atoms with E-state index in [9.17, 15) is 28.1 Å². The number of nitrogens with zero attached hydrogens (tertiary/aromatic N) is 1. The van der Waals surface area contributed by atoms with Crippen molar-refractivity contribution in [3.63, 3.8) is 0 Å². The van der Waals surface area contributed by atoms with E-state index in [0.717, 1.165) is 0 Å². The summed E-state index contributed by atoms with van der Waals surface area (Å²) in [5, 5.41) is 13.0. The molecule has 0 heterocycles. The summed E-state index contributed by atoms with van der Waals surface area (Å²) in [5.41, 5.74) is 1.41. The molecule has 2 rings (SSSR count). The van der Waals surface area contributed by atoms with Crippen LogP contribution in [-0.4, -0.2) is 23.6 Å². The van der Waals surface area contributed by atoms with Gasteiger partial charge in [0.1, 0.15) is 0 Å². The van der Waals surface area contributed by atoms with Crippen molar-refractivity contribution in [2.24, 2.45) is 0 Å². The Kier molecular flexibility index (Phi) is 5.18. The summed E-state index contributed by atoms with van der Waals surface area (Å²) < 4.78 is 36.3. The van der Waals surface area contributed by atoms with Gasteiger partial charge in [0.15, 0.2) is 0 Å². The molecule has 1 amide bonds. The summed E-state index contributed by atoms with van der Waals surface area (Å²) in [6.45, 7) is -0.264. The molecular formula is C16H13F3N2O3. The lowest BCUT2D eigenvalue weighted by Gasteiger charge is -2.09. The van der Waals surface area contributed by atoms with Crippen molar-refractivity contribution in [3.05, 3.63) is 64.2 Å². The number of amides is 1. The Balaban J connectivity index is 2.15. The van der Waals surface area contributed by atoms with Crippen molar-refractivity contribution in [1.29, 1.82) is 0 Å². The van der Waals surface area contributed by atoms with Gasteiger partial charge in [-0.15, -0.1) is 0 Å². The molecule has 0 bridgehead atoms. The maximum absolute atomic E-state index is 12.1. The number of hydrogen-bond donors (Lipinski definition) is 1. The number of rotatable bonds is 5. The van der Waals surface area contributed by atoms with Gasteiger partial charge >= 0.3 is 12.1 Å². The zero-order valence-electron chi connectivity index (χ0n) is 12.3. The lowest BCUT2D eigenvalue weighted by atomic mass is 10.0. The third-order valence-electron chi connectivity index (χ3n) is 3.30. The van der Waals surface area contributed by atoms with Gasteiger partial charge in [0.05, 0.1) is 10.5 Å². The van der Waals surface area contributed by atoms with Crippen LogP contribution in [0, 0.1) is 10.1 Å². The Hall–Kier alpha value is -2.90. The quantitative estimate of drug-likeness (QED) is 0.670. The highest BCUT2D eigenvalue weighted by atomic mass is 19.4. The smallest absolute Gasteiger partial charge is 0.348 e. The lowest BCUT2D eigenvalue weighted by Crippen LogP contribution is -2.37. The van der Waals surface area contributed by atoms with Gasteiger partial charge in [0, 0.05) is 12.6 Å². The maximum Gasteiger partial charge on any atom is 0.471 e. The van der Waals surface area contributed by atoms with Gasteiger partial charge in [0.2, 0.25) is 0 Å². The van der Waals surface area contributed by atoms with E-state index >= 15 is 0 Å². The number of benzene rings is 2. The topological polar surface area (TPSA) is 72.2 Å². The van der Waals surface area contributed by atoms with Crippen LogP contribution in [0.2, 0.25) is 0 Å². The van der Waals surface area contributed by atoms with Gasteiger partial charge in [-0.1, -0.05) is 36.4 Å². The molecule has 0 radical (unpaired) electrons. The highest BCUT2D eigenvalue weighted by Gasteiger charge is 2.38. The number of nitrogens with one attached hydrogen (secondary N) is 1. The SMILES string of the molecule is O=C(NCCc1ccc(-c2ccccc2)c([N+](=O)[O-])c1)C(F)(F)F. The van der Waals surface area contributed by atoms with Crippen LogP contribution in [-0.2, 0) is 11.2 Å². The van der Waals surface area contributed by atoms with Gasteiger partial charge in [-0.05, 0) is 23.6 Å². The Bertz CT molecular complexity index is 746. The molecule has 0 fully saturated rings. The summed E-state index contributed by atoms with van der Waals surface area (Å²) in [5.74, 6) is -2.03. The van der Waals surface area contributed by atoms with E-state index in [1.54, 1.807) is 47.8 Å². The molecule has 0 atom stereocenters. The number of alkyl halides is 3. The van der Waals surface area contributed by atoms with E-state index in [4.69, 9.17) is 0 Å². The first kappa shape index (κ1) is 17.5. The first-order valence-electron chi connectivity index (χ1n) is 6.97. The zero-order valence-corrected chi connectivity index (χ0v) is 12.3. The third kappa shape index (κ3) is 4.31. The van der Waals surface area contributed by atoms with Crippen LogP contribution in [0.3, 0.4) is 0 Å². The molecular weight excluding hydrogens is 325 g/mol. The van der Waals surface area contributed by atoms with E-state index < -0.39 is 17.0 Å². The number of nitro benzene ring substituents is 1. The fourth-order valence-electron chi connectivity index (χ4n) is 2.17. The molecule has 24 heavy (non-hydrogen) atoms. The van der Waals surface area contributed by atoms with Crippen molar-refractivity contribution in [2.75, 3.05) is 6.54 Å². The largest absolute Gasteiger partial charge is 0.471 e. The normalized spacial score (nSPS) is 11.1. The van der Waals surface area contributed by atoms with Crippen LogP contribution in [0.5, 0.6) is 0 Å². The molecule has 0 aliphatic heterocycles. The summed E-state index contributed by atoms with van der Waals surface area (Å²) in [6.07, 6.45) is -4.89. The van der Waals surface area contributed by atoms with Crippen LogP contribution in [0.25, 0.3) is 11.1 Å². The highest BCUT2D eigenvalue weighted by molar-refractivity contribution is 5.81. The number of hydrogen-bond acceptors (Lipinski definition) is 3. The highest BCUT2D eigenvalue weighted by Crippen LogP contribution is 2.30. The Morgan fingerprint density at radius 3 is 2.38 bits per heavy atom. The molecule has 5 nitrogen and oxygen atoms in total. The zero-order chi connectivity index (χ0) is 17.7. The molecule has 0 aliphatic carbocycles. The summed E-state index contributed by atoms with van der Waals surface area (Å²) in [4.78, 5) is 21.4. The lowest BCUT2D eigenvalue weighted by molar-refractivity contribution is -0.384. The molecule has 2 aromatic carbocycles. The first-order chi connectivity index (χ1) is 11.3. The van der Waals surface area contributed by atoms with Crippen LogP contribution in [0.1, 0.15) is 5.56 Å². The van der Waals surface area contributed by atoms with E-state index in [1.165, 1.54) is 6.07 Å². The van der Waals surface area contributed by atoms with Crippen molar-refractivity contribution in [3.8, 4) is 11.1 Å². The second-order valence-corrected chi connectivity index (χ2v) is 4.98. The minimum absolute atomic E-state index is 0.0533. The summed E-state index contributed by atoms with van der Waals surface area (Å²) >= 11 is 0. The van der Waals surface area contributed by atoms with Crippen molar-refractivity contribution in [2.45, 2.75) is 12.6 Å². The average molecular weight is 338 g/mol. The third-order valence-corrected chi connectivity index (χ3v) is 3.30. The monoisotopic (exact) mass is 338 g/mol. The molecule has 8 heteroatoms. The van der Waals surface area contributed by atoms with Crippen molar-refractivity contribution in [1.82, 2.24) is 5.32 Å². The molecule has 0 spiro atoms. The molecule has 0 saturated carbocycles. The average Bonchev–Trinajstić information content (AvgIpc) is 2.54. The molecule has 0 saturated heterocycles. The molecule has 1 N–H and O–H groups in total. The van der Waals surface area contributed by atoms with Crippen LogP contribution >= 0.6 is 0 Å². The minimum atomic E-state index is -4.94. The minimum Gasteiger partial charge on any atom is -0.348 e. The van der Waals surface area contributed by atoms with E-state index in [1.807, 2.05) is 0 Å². The molecule has 0 aliphatic rings. The van der Waals surface area contributed by atoms with Gasteiger partial charge in [-0.3, -0.25) is 14.9 Å². The summed E-state index contributed by atoms with van der Waals surface area (Å²) in [7, 11) is 0. The fraction of sp³-hybridized carbons (Fsp3) is 0.188. The second-order valence-electron chi connectivity index (χ2n) is 4.98. The standard InChI is InChI=1S/C16H13F3N2O3/c17-16(18,19)15(22)20-9-8-11-6-7-13(14(10-11)21(23)24)12-4-2-1-3-5-12/h1-7,10H,8-9H2,(H,20,22). The number of carbonyl (C=O) groups excluding carboxylic acids is 1. The van der Waals surface area contributed by atoms with Gasteiger partial charge in [-0.25, -0.2) is 0 Å². The fourth-order valence-corrected chi connectivity index (χ4v) is 2.17. The number of halogens is 3. The van der Waals surface area contributed by atoms with Gasteiger partial charge < -0.3 is 5.32 Å². The van der Waals surface area contributed by atoms with E-state index in [2.05, 4.69) is 0 Å². The van der Waals surface area contributed by atoms with Gasteiger partial charge in [-0.2, -0.15) is 13.2 Å². The molecule has 2 aromatic rings. The Morgan fingerprint density at radius 2 is 1.79 bits per heavy atom. The van der Waals surface area contributed by atoms with Gasteiger partial charge in [0.25, 0.3) is 5.69 Å². The summed E-state index contributed by atoms with van der Waals surface area (Å²) in [6, 6.07) is 13.2. The molecule has 0 aromatic heterocycles. The van der Waals surface area contributed by atoms with Crippen LogP contribution in [0.15, 0.2) is 48.5 Å². The number of carbonyl (C=O) groups is 1. The van der Waals surface area contributed by atoms with Crippen LogP contribution in [0.4, 0.5) is 18.9 Å². The predicted octanol–water partition coefficient (Wildman–Crippen LogP) is 3.48. The predicted molar refractivity (Wildman–Crippen MR) is 81.3 cm³/mol. The first-order valence-corrected chi connectivity index (χ1v) is 6.97. The second kappa shape index (κ2) is 7.12. The maximum atomic E-state index is 12.1. The van der Waals surface area contributed by atoms with E-state index in [0.29, 0.717) is 16.7 Å². The number of nitro groups is 1. The Morgan fingerprint density at radius 1 is 1.12 bits per heavy atom. The molecule has 0 unspecified atom stereocenters.